The van der Waals surface area contributed by atoms with Crippen LogP contribution in [0.5, 0.6) is 0 Å². The highest BCUT2D eigenvalue weighted by Crippen LogP contribution is 2.34. The molecule has 3 heterocycles. The molecule has 0 bridgehead atoms. The Morgan fingerprint density at radius 1 is 0.800 bits per heavy atom. The Hall–Kier alpha value is -3.09. The summed E-state index contributed by atoms with van der Waals surface area (Å²) in [5.41, 5.74) is 5.41. The topological polar surface area (TPSA) is 79.6 Å². The van der Waals surface area contributed by atoms with Crippen LogP contribution in [0.4, 0.5) is 11.5 Å². The summed E-state index contributed by atoms with van der Waals surface area (Å²) >= 11 is 0. The van der Waals surface area contributed by atoms with E-state index in [1.165, 1.54) is 5.69 Å². The number of piperazine rings is 1. The Kier molecular flexibility index (Phi) is 6.59. The number of benzene rings is 2. The molecule has 3 aliphatic rings. The van der Waals surface area contributed by atoms with Crippen molar-refractivity contribution < 1.29 is 5.48 Å². The van der Waals surface area contributed by atoms with Gasteiger partial charge in [-0.05, 0) is 25.1 Å². The largest absolute Gasteiger partial charge is 0.412 e. The van der Waals surface area contributed by atoms with Crippen LogP contribution in [0.2, 0.25) is 0 Å². The van der Waals surface area contributed by atoms with Crippen molar-refractivity contribution in [3.05, 3.63) is 72.6 Å². The van der Waals surface area contributed by atoms with Crippen LogP contribution < -0.4 is 9.80 Å². The molecule has 3 N–H and O–H groups in total. The number of halogens is 1. The van der Waals surface area contributed by atoms with Crippen LogP contribution in [0.15, 0.2) is 66.7 Å². The number of nitrogens with zero attached hydrogens (tertiary/aromatic N) is 4. The van der Waals surface area contributed by atoms with Gasteiger partial charge in [0, 0.05) is 37.4 Å². The summed E-state index contributed by atoms with van der Waals surface area (Å²) in [4.78, 5) is 17.9. The number of aryl methyl sites for hydroxylation is 1. The van der Waals surface area contributed by atoms with E-state index in [2.05, 4.69) is 63.3 Å². The average Bonchev–Trinajstić information content (AvgIpc) is 3.18. The molecule has 30 heavy (non-hydrogen) atoms. The molecule has 156 valence electrons. The van der Waals surface area contributed by atoms with Gasteiger partial charge in [-0.2, -0.15) is 0 Å². The third kappa shape index (κ3) is 4.10. The average molecular weight is 424 g/mol. The second kappa shape index (κ2) is 9.15. The van der Waals surface area contributed by atoms with Gasteiger partial charge in [-0.3, -0.25) is 0 Å². The maximum Gasteiger partial charge on any atom is 0.158 e. The fourth-order valence-corrected chi connectivity index (χ4v) is 3.91. The standard InChI is InChI=1S/C23H23N5.ClH.H2O/c1-17-24-21-16-20(18-8-4-2-5-9-18)26-22(21)23(25-17)28-14-12-27(13-15-28)19-10-6-3-7-11-19;;/h2-11,16H,12-15H2,1H3,(H,24,25);1H;1H2. The van der Waals surface area contributed by atoms with Crippen molar-refractivity contribution in [3.8, 4) is 22.6 Å². The van der Waals surface area contributed by atoms with Crippen LogP contribution >= 0.6 is 12.4 Å². The van der Waals surface area contributed by atoms with Crippen molar-refractivity contribution >= 4 is 23.9 Å². The quantitative estimate of drug-likeness (QED) is 0.543. The monoisotopic (exact) mass is 423 g/mol. The van der Waals surface area contributed by atoms with Gasteiger partial charge in [0.25, 0.3) is 0 Å². The molecule has 0 aliphatic carbocycles. The number of para-hydroxylation sites is 1. The smallest absolute Gasteiger partial charge is 0.158 e. The first-order chi connectivity index (χ1) is 13.8. The second-order valence-electron chi connectivity index (χ2n) is 7.23. The minimum Gasteiger partial charge on any atom is -0.412 e. The van der Waals surface area contributed by atoms with Crippen LogP contribution in [-0.4, -0.2) is 46.6 Å². The Morgan fingerprint density at radius 2 is 1.40 bits per heavy atom. The first kappa shape index (κ1) is 21.6. The summed E-state index contributed by atoms with van der Waals surface area (Å²) in [5.74, 6) is 1.90. The highest BCUT2D eigenvalue weighted by Gasteiger charge is 2.24. The Bertz CT molecular complexity index is 1050. The van der Waals surface area contributed by atoms with Gasteiger partial charge in [-0.25, -0.2) is 9.97 Å². The van der Waals surface area contributed by atoms with Crippen molar-refractivity contribution in [2.45, 2.75) is 6.92 Å². The van der Waals surface area contributed by atoms with E-state index in [1.807, 2.05) is 25.1 Å². The molecule has 3 aliphatic heterocycles. The van der Waals surface area contributed by atoms with Gasteiger partial charge in [0.1, 0.15) is 11.5 Å². The van der Waals surface area contributed by atoms with Gasteiger partial charge in [0.05, 0.1) is 11.4 Å². The van der Waals surface area contributed by atoms with Gasteiger partial charge < -0.3 is 20.3 Å². The van der Waals surface area contributed by atoms with Crippen LogP contribution in [0.25, 0.3) is 22.6 Å². The SMILES string of the molecule is Cc1nc(N2CCN(c3ccccc3)CC2)c2nc(-c3ccccc3)cc-2[nH]1.Cl.O. The molecule has 5 rings (SSSR count). The molecule has 2 aromatic carbocycles. The van der Waals surface area contributed by atoms with E-state index < -0.39 is 0 Å². The van der Waals surface area contributed by atoms with Gasteiger partial charge in [-0.15, -0.1) is 12.4 Å². The number of H-pyrrole nitrogens is 1. The van der Waals surface area contributed by atoms with E-state index in [1.54, 1.807) is 0 Å². The van der Waals surface area contributed by atoms with Crippen LogP contribution in [0.3, 0.4) is 0 Å². The Morgan fingerprint density at radius 3 is 2.07 bits per heavy atom. The summed E-state index contributed by atoms with van der Waals surface area (Å²) in [6, 6.07) is 23.1. The Labute approximate surface area is 182 Å². The van der Waals surface area contributed by atoms with E-state index in [-0.39, 0.29) is 17.9 Å². The first-order valence-corrected chi connectivity index (χ1v) is 9.76. The third-order valence-electron chi connectivity index (χ3n) is 5.34. The molecule has 0 unspecified atom stereocenters. The van der Waals surface area contributed by atoms with Crippen molar-refractivity contribution in [1.82, 2.24) is 15.0 Å². The molecule has 0 spiro atoms. The zero-order valence-electron chi connectivity index (χ0n) is 16.9. The highest BCUT2D eigenvalue weighted by atomic mass is 35.5. The van der Waals surface area contributed by atoms with Gasteiger partial charge >= 0.3 is 0 Å². The molecule has 1 saturated heterocycles. The Balaban J connectivity index is 0.00000128. The maximum absolute atomic E-state index is 4.93. The zero-order valence-corrected chi connectivity index (χ0v) is 17.7. The lowest BCUT2D eigenvalue weighted by molar-refractivity contribution is 0.645. The van der Waals surface area contributed by atoms with E-state index in [9.17, 15) is 0 Å². The first-order valence-electron chi connectivity index (χ1n) is 9.76. The summed E-state index contributed by atoms with van der Waals surface area (Å²) in [5, 5.41) is 0. The zero-order chi connectivity index (χ0) is 18.9. The third-order valence-corrected chi connectivity index (χ3v) is 5.34. The molecule has 7 heteroatoms. The number of aromatic nitrogens is 3. The summed E-state index contributed by atoms with van der Waals surface area (Å²) in [7, 11) is 0. The van der Waals surface area contributed by atoms with Crippen molar-refractivity contribution in [3.63, 3.8) is 0 Å². The molecule has 0 amide bonds. The van der Waals surface area contributed by atoms with Crippen molar-refractivity contribution in [2.75, 3.05) is 36.0 Å². The molecule has 6 nitrogen and oxygen atoms in total. The normalized spacial score (nSPS) is 13.6. The van der Waals surface area contributed by atoms with Crippen LogP contribution in [0, 0.1) is 6.92 Å². The van der Waals surface area contributed by atoms with Gasteiger partial charge in [0.15, 0.2) is 5.82 Å². The number of hydrogen-bond donors (Lipinski definition) is 1. The number of hydrogen-bond acceptors (Lipinski definition) is 4. The number of anilines is 2. The summed E-state index contributed by atoms with van der Waals surface area (Å²) in [6.45, 7) is 5.86. The predicted molar refractivity (Wildman–Crippen MR) is 125 cm³/mol. The number of aromatic amines is 1. The lowest BCUT2D eigenvalue weighted by atomic mass is 10.1. The lowest BCUT2D eigenvalue weighted by Gasteiger charge is -2.37. The summed E-state index contributed by atoms with van der Waals surface area (Å²) < 4.78 is 0. The predicted octanol–water partition coefficient (Wildman–Crippen LogP) is 3.81. The lowest BCUT2D eigenvalue weighted by Crippen LogP contribution is -2.47. The van der Waals surface area contributed by atoms with Gasteiger partial charge in [-0.1, -0.05) is 48.5 Å². The number of rotatable bonds is 3. The summed E-state index contributed by atoms with van der Waals surface area (Å²) in [6.07, 6.45) is 0. The molecule has 0 atom stereocenters. The highest BCUT2D eigenvalue weighted by molar-refractivity contribution is 5.85. The maximum atomic E-state index is 4.93. The van der Waals surface area contributed by atoms with Crippen molar-refractivity contribution in [2.24, 2.45) is 0 Å². The van der Waals surface area contributed by atoms with E-state index >= 15 is 0 Å². The molecule has 0 aromatic heterocycles. The molecule has 0 radical (unpaired) electrons. The minimum atomic E-state index is 0. The fraction of sp³-hybridized carbons (Fsp3) is 0.217. The number of nitrogens with one attached hydrogen (secondary N) is 1. The van der Waals surface area contributed by atoms with Gasteiger partial charge in [0.2, 0.25) is 0 Å². The van der Waals surface area contributed by atoms with E-state index in [0.717, 1.165) is 60.5 Å². The number of fused-ring (bicyclic) bond motifs is 1. The van der Waals surface area contributed by atoms with Crippen LogP contribution in [0.1, 0.15) is 5.82 Å². The van der Waals surface area contributed by atoms with E-state index in [4.69, 9.17) is 9.97 Å². The van der Waals surface area contributed by atoms with Crippen molar-refractivity contribution in [1.29, 1.82) is 0 Å². The molecular formula is C23H26ClN5O. The molecule has 1 fully saturated rings. The molecular weight excluding hydrogens is 398 g/mol. The van der Waals surface area contributed by atoms with Crippen LogP contribution in [-0.2, 0) is 0 Å². The molecule has 0 saturated carbocycles. The molecule has 2 aromatic rings. The second-order valence-corrected chi connectivity index (χ2v) is 7.23. The fourth-order valence-electron chi connectivity index (χ4n) is 3.91. The van der Waals surface area contributed by atoms with E-state index in [0.29, 0.717) is 0 Å². The minimum absolute atomic E-state index is 0.